The number of methoxy groups -OCH3 is 1. The molecule has 12 heteroatoms. The second-order valence-electron chi connectivity index (χ2n) is 11.4. The van der Waals surface area contributed by atoms with Crippen molar-refractivity contribution >= 4 is 35.0 Å². The van der Waals surface area contributed by atoms with Crippen molar-refractivity contribution in [2.24, 2.45) is 0 Å². The number of piperidine rings is 1. The lowest BCUT2D eigenvalue weighted by atomic mass is 10.0. The van der Waals surface area contributed by atoms with E-state index in [1.807, 2.05) is 32.9 Å². The maximum absolute atomic E-state index is 12.3. The Morgan fingerprint density at radius 2 is 1.85 bits per heavy atom. The molecule has 2 fully saturated rings. The predicted molar refractivity (Wildman–Crippen MR) is 158 cm³/mol. The summed E-state index contributed by atoms with van der Waals surface area (Å²) in [6.07, 6.45) is 4.30. The summed E-state index contributed by atoms with van der Waals surface area (Å²) in [4.78, 5) is 39.4. The van der Waals surface area contributed by atoms with Crippen LogP contribution in [-0.2, 0) is 9.53 Å². The molecule has 2 saturated heterocycles. The molecule has 0 spiro atoms. The molecule has 2 N–H and O–H groups in total. The smallest absolute Gasteiger partial charge is 0.410 e. The van der Waals surface area contributed by atoms with Gasteiger partial charge in [0.25, 0.3) is 0 Å². The van der Waals surface area contributed by atoms with Gasteiger partial charge in [0.1, 0.15) is 17.5 Å². The minimum Gasteiger partial charge on any atom is -0.494 e. The number of nitrogens with one attached hydrogen (secondary N) is 2. The first-order valence-corrected chi connectivity index (χ1v) is 13.8. The number of nitrogens with zero attached hydrogens (tertiary/aromatic N) is 5. The van der Waals surface area contributed by atoms with Gasteiger partial charge in [0.2, 0.25) is 17.7 Å². The van der Waals surface area contributed by atoms with Crippen LogP contribution < -0.4 is 25.0 Å². The molecule has 0 saturated carbocycles. The highest BCUT2D eigenvalue weighted by molar-refractivity contribution is 6.02. The average molecular weight is 568 g/mol. The third-order valence-corrected chi connectivity index (χ3v) is 6.96. The zero-order valence-corrected chi connectivity index (χ0v) is 24.8. The molecule has 0 aliphatic carbocycles. The Labute approximate surface area is 241 Å². The molecule has 0 bridgehead atoms. The lowest BCUT2D eigenvalue weighted by molar-refractivity contribution is -0.111. The Hall–Kier alpha value is -4.06. The standard InChI is InChI=1S/C29H41N7O5/c1-8-25(37)31-21-15-22(24(39-7)16-23(21)35-13-10-19(11-14-35)34(5)6)32-27-30-12-9-26(33-27)40-20-17-36(18-20)28(38)41-29(2,3)4/h8-9,12,15-16,19-20H,1,10-11,13-14,17-18H2,2-7H3,(H,31,37)(H,30,32,33). The maximum Gasteiger partial charge on any atom is 0.410 e. The molecular formula is C29H41N7O5. The van der Waals surface area contributed by atoms with Gasteiger partial charge in [0.05, 0.1) is 37.3 Å². The van der Waals surface area contributed by atoms with E-state index in [1.54, 1.807) is 24.3 Å². The fraction of sp³-hybridized carbons (Fsp3) is 0.517. The highest BCUT2D eigenvalue weighted by Gasteiger charge is 2.35. The van der Waals surface area contributed by atoms with Crippen molar-refractivity contribution in [3.8, 4) is 11.6 Å². The van der Waals surface area contributed by atoms with Crippen LogP contribution in [0.1, 0.15) is 33.6 Å². The van der Waals surface area contributed by atoms with Crippen molar-refractivity contribution in [1.29, 1.82) is 0 Å². The van der Waals surface area contributed by atoms with Crippen LogP contribution in [0, 0.1) is 0 Å². The van der Waals surface area contributed by atoms with Crippen LogP contribution in [0.4, 0.5) is 27.8 Å². The van der Waals surface area contributed by atoms with Crippen molar-refractivity contribution in [3.05, 3.63) is 37.1 Å². The van der Waals surface area contributed by atoms with E-state index in [1.165, 1.54) is 6.08 Å². The largest absolute Gasteiger partial charge is 0.494 e. The van der Waals surface area contributed by atoms with Crippen molar-refractivity contribution in [3.63, 3.8) is 0 Å². The molecule has 2 aliphatic rings. The predicted octanol–water partition coefficient (Wildman–Crippen LogP) is 3.88. The fourth-order valence-corrected chi connectivity index (χ4v) is 4.75. The zero-order chi connectivity index (χ0) is 29.7. The number of aromatic nitrogens is 2. The topological polar surface area (TPSA) is 121 Å². The minimum absolute atomic E-state index is 0.198. The van der Waals surface area contributed by atoms with E-state index < -0.39 is 5.60 Å². The van der Waals surface area contributed by atoms with Gasteiger partial charge in [0.15, 0.2) is 0 Å². The van der Waals surface area contributed by atoms with E-state index in [2.05, 4.69) is 51.1 Å². The number of benzene rings is 1. The van der Waals surface area contributed by atoms with Crippen LogP contribution in [0.2, 0.25) is 0 Å². The number of carbonyl (C=O) groups excluding carboxylic acids is 2. The normalized spacial score (nSPS) is 16.2. The minimum atomic E-state index is -0.549. The zero-order valence-electron chi connectivity index (χ0n) is 24.8. The third kappa shape index (κ3) is 7.78. The summed E-state index contributed by atoms with van der Waals surface area (Å²) >= 11 is 0. The van der Waals surface area contributed by atoms with Crippen LogP contribution >= 0.6 is 0 Å². The van der Waals surface area contributed by atoms with Gasteiger partial charge in [-0.2, -0.15) is 4.98 Å². The van der Waals surface area contributed by atoms with Crippen LogP contribution in [0.3, 0.4) is 0 Å². The second-order valence-corrected chi connectivity index (χ2v) is 11.4. The number of hydrogen-bond acceptors (Lipinski definition) is 10. The molecule has 0 atom stereocenters. The summed E-state index contributed by atoms with van der Waals surface area (Å²) in [6.45, 7) is 11.6. The number of amides is 2. The number of rotatable bonds is 9. The van der Waals surface area contributed by atoms with Crippen molar-refractivity contribution in [2.75, 3.05) is 62.9 Å². The molecule has 3 heterocycles. The number of likely N-dealkylation sites (tertiary alicyclic amines) is 1. The van der Waals surface area contributed by atoms with E-state index in [9.17, 15) is 9.59 Å². The first-order valence-electron chi connectivity index (χ1n) is 13.8. The van der Waals surface area contributed by atoms with Gasteiger partial charge in [0, 0.05) is 37.5 Å². The average Bonchev–Trinajstić information content (AvgIpc) is 2.89. The van der Waals surface area contributed by atoms with Crippen LogP contribution in [0.15, 0.2) is 37.1 Å². The summed E-state index contributed by atoms with van der Waals surface area (Å²) in [5.41, 5.74) is 1.53. The van der Waals surface area contributed by atoms with Gasteiger partial charge in [-0.3, -0.25) is 4.79 Å². The van der Waals surface area contributed by atoms with Gasteiger partial charge in [-0.1, -0.05) is 6.58 Å². The molecule has 4 rings (SSSR count). The Bertz CT molecular complexity index is 1250. The highest BCUT2D eigenvalue weighted by Crippen LogP contribution is 2.39. The monoisotopic (exact) mass is 567 g/mol. The summed E-state index contributed by atoms with van der Waals surface area (Å²) < 4.78 is 17.1. The number of carbonyl (C=O) groups is 2. The summed E-state index contributed by atoms with van der Waals surface area (Å²) in [5, 5.41) is 6.13. The molecule has 0 unspecified atom stereocenters. The quantitative estimate of drug-likeness (QED) is 0.432. The molecule has 12 nitrogen and oxygen atoms in total. The molecule has 2 aliphatic heterocycles. The maximum atomic E-state index is 12.3. The summed E-state index contributed by atoms with van der Waals surface area (Å²) in [5.74, 6) is 0.937. The highest BCUT2D eigenvalue weighted by atomic mass is 16.6. The van der Waals surface area contributed by atoms with Crippen molar-refractivity contribution in [1.82, 2.24) is 19.8 Å². The van der Waals surface area contributed by atoms with Gasteiger partial charge in [-0.15, -0.1) is 0 Å². The van der Waals surface area contributed by atoms with E-state index in [-0.39, 0.29) is 18.1 Å². The fourth-order valence-electron chi connectivity index (χ4n) is 4.75. The molecule has 2 aromatic rings. The lowest BCUT2D eigenvalue weighted by Gasteiger charge is -2.39. The molecule has 1 aromatic heterocycles. The number of hydrogen-bond donors (Lipinski definition) is 2. The molecule has 2 amide bonds. The van der Waals surface area contributed by atoms with Crippen LogP contribution in [0.5, 0.6) is 11.6 Å². The first-order chi connectivity index (χ1) is 19.5. The summed E-state index contributed by atoms with van der Waals surface area (Å²) in [6, 6.07) is 5.91. The van der Waals surface area contributed by atoms with Crippen molar-refractivity contribution in [2.45, 2.75) is 51.4 Å². The van der Waals surface area contributed by atoms with E-state index in [4.69, 9.17) is 14.2 Å². The van der Waals surface area contributed by atoms with Gasteiger partial charge < -0.3 is 39.5 Å². The lowest BCUT2D eigenvalue weighted by Crippen LogP contribution is -2.57. The van der Waals surface area contributed by atoms with Crippen LogP contribution in [-0.4, -0.2) is 96.9 Å². The molecule has 1 aromatic carbocycles. The van der Waals surface area contributed by atoms with Crippen molar-refractivity contribution < 1.29 is 23.8 Å². The van der Waals surface area contributed by atoms with Gasteiger partial charge >= 0.3 is 6.09 Å². The Morgan fingerprint density at radius 1 is 1.15 bits per heavy atom. The SMILES string of the molecule is C=CC(=O)Nc1cc(Nc2nccc(OC3CN(C(=O)OC(C)(C)C)C3)n2)c(OC)cc1N1CCC(N(C)C)CC1. The van der Waals surface area contributed by atoms with Gasteiger partial charge in [-0.05, 0) is 59.9 Å². The molecule has 41 heavy (non-hydrogen) atoms. The molecular weight excluding hydrogens is 526 g/mol. The Kier molecular flexibility index (Phi) is 9.21. The van der Waals surface area contributed by atoms with Gasteiger partial charge in [-0.25, -0.2) is 9.78 Å². The van der Waals surface area contributed by atoms with E-state index in [0.717, 1.165) is 31.6 Å². The second kappa shape index (κ2) is 12.6. The number of anilines is 4. The number of ether oxygens (including phenoxy) is 3. The Morgan fingerprint density at radius 3 is 2.46 bits per heavy atom. The van der Waals surface area contributed by atoms with E-state index in [0.29, 0.717) is 48.1 Å². The Balaban J connectivity index is 1.48. The molecule has 222 valence electrons. The van der Waals surface area contributed by atoms with E-state index >= 15 is 0 Å². The third-order valence-electron chi connectivity index (χ3n) is 6.96. The first kappa shape index (κ1) is 29.9. The van der Waals surface area contributed by atoms with Crippen LogP contribution in [0.25, 0.3) is 0 Å². The summed E-state index contributed by atoms with van der Waals surface area (Å²) in [7, 11) is 5.80. The molecule has 0 radical (unpaired) electrons.